The molecular formula is C22H24N4O4S. The van der Waals surface area contributed by atoms with E-state index in [0.29, 0.717) is 11.1 Å². The second-order valence-electron chi connectivity index (χ2n) is 7.59. The van der Waals surface area contributed by atoms with Crippen molar-refractivity contribution in [2.45, 2.75) is 30.3 Å². The minimum atomic E-state index is -3.85. The summed E-state index contributed by atoms with van der Waals surface area (Å²) >= 11 is 0. The predicted octanol–water partition coefficient (Wildman–Crippen LogP) is 1.73. The normalized spacial score (nSPS) is 13.5. The van der Waals surface area contributed by atoms with E-state index in [-0.39, 0.29) is 35.8 Å². The predicted molar refractivity (Wildman–Crippen MR) is 114 cm³/mol. The van der Waals surface area contributed by atoms with E-state index in [4.69, 9.17) is 5.26 Å². The van der Waals surface area contributed by atoms with Crippen LogP contribution in [0.25, 0.3) is 0 Å². The summed E-state index contributed by atoms with van der Waals surface area (Å²) in [5.74, 6) is -0.469. The molecule has 1 aliphatic rings. The summed E-state index contributed by atoms with van der Waals surface area (Å²) in [6, 6.07) is 14.7. The Labute approximate surface area is 182 Å². The Balaban J connectivity index is 1.57. The Morgan fingerprint density at radius 1 is 1.06 bits per heavy atom. The molecule has 0 saturated heterocycles. The molecule has 0 aromatic heterocycles. The first-order chi connectivity index (χ1) is 14.7. The molecular weight excluding hydrogens is 416 g/mol. The van der Waals surface area contributed by atoms with Gasteiger partial charge in [-0.2, -0.15) is 9.57 Å². The number of carbonyl (C=O) groups excluding carboxylic acids is 2. The van der Waals surface area contributed by atoms with Gasteiger partial charge >= 0.3 is 0 Å². The molecule has 2 aromatic carbocycles. The van der Waals surface area contributed by atoms with Crippen LogP contribution in [0.2, 0.25) is 0 Å². The van der Waals surface area contributed by atoms with Crippen molar-refractivity contribution in [1.29, 1.82) is 5.26 Å². The number of benzene rings is 2. The van der Waals surface area contributed by atoms with Gasteiger partial charge in [-0.25, -0.2) is 8.42 Å². The van der Waals surface area contributed by atoms with Crippen LogP contribution in [-0.2, 0) is 21.4 Å². The number of rotatable bonds is 8. The van der Waals surface area contributed by atoms with Gasteiger partial charge in [-0.15, -0.1) is 0 Å². The zero-order valence-corrected chi connectivity index (χ0v) is 18.2. The lowest BCUT2D eigenvalue weighted by Crippen LogP contribution is -2.39. The van der Waals surface area contributed by atoms with E-state index >= 15 is 0 Å². The molecule has 2 amide bonds. The van der Waals surface area contributed by atoms with E-state index in [2.05, 4.69) is 5.32 Å². The maximum atomic E-state index is 12.7. The molecule has 0 aliphatic heterocycles. The molecule has 0 bridgehead atoms. The van der Waals surface area contributed by atoms with Gasteiger partial charge in [0.1, 0.15) is 0 Å². The summed E-state index contributed by atoms with van der Waals surface area (Å²) in [5, 5.41) is 11.8. The summed E-state index contributed by atoms with van der Waals surface area (Å²) in [7, 11) is -0.918. The Morgan fingerprint density at radius 3 is 2.23 bits per heavy atom. The Morgan fingerprint density at radius 2 is 1.68 bits per heavy atom. The number of hydrogen-bond donors (Lipinski definition) is 1. The maximum Gasteiger partial charge on any atom is 0.251 e. The van der Waals surface area contributed by atoms with Crippen LogP contribution in [0, 0.1) is 11.3 Å². The molecule has 0 unspecified atom stereocenters. The third-order valence-electron chi connectivity index (χ3n) is 5.02. The number of nitrogens with one attached hydrogen (secondary N) is 1. The zero-order valence-electron chi connectivity index (χ0n) is 17.4. The summed E-state index contributed by atoms with van der Waals surface area (Å²) in [6.07, 6.45) is 2.04. The second-order valence-corrected chi connectivity index (χ2v) is 9.64. The molecule has 1 N–H and O–H groups in total. The van der Waals surface area contributed by atoms with Gasteiger partial charge in [-0.1, -0.05) is 12.1 Å². The first kappa shape index (κ1) is 22.5. The molecule has 3 rings (SSSR count). The van der Waals surface area contributed by atoms with Crippen LogP contribution in [0.3, 0.4) is 0 Å². The topological polar surface area (TPSA) is 111 Å². The van der Waals surface area contributed by atoms with Crippen molar-refractivity contribution in [2.75, 3.05) is 20.6 Å². The molecule has 1 fully saturated rings. The number of carbonyl (C=O) groups is 2. The highest BCUT2D eigenvalue weighted by molar-refractivity contribution is 7.89. The van der Waals surface area contributed by atoms with Gasteiger partial charge in [0.05, 0.1) is 23.1 Å². The molecule has 0 heterocycles. The van der Waals surface area contributed by atoms with Crippen LogP contribution in [0.4, 0.5) is 0 Å². The fourth-order valence-corrected chi connectivity index (χ4v) is 4.02. The molecule has 1 aliphatic carbocycles. The van der Waals surface area contributed by atoms with E-state index in [1.807, 2.05) is 6.07 Å². The number of nitriles is 1. The minimum absolute atomic E-state index is 0.0181. The molecule has 0 atom stereocenters. The number of likely N-dealkylation sites (N-methyl/N-ethyl adjacent to an activating group) is 2. The van der Waals surface area contributed by atoms with Gasteiger partial charge in [-0.3, -0.25) is 9.59 Å². The molecule has 162 valence electrons. The SMILES string of the molecule is CN(Cc1ccc(C(=O)NC2CC2)cc1)C(=O)CN(C)S(=O)(=O)c1ccc(C#N)cc1. The van der Waals surface area contributed by atoms with Crippen molar-refractivity contribution in [3.8, 4) is 6.07 Å². The second kappa shape index (κ2) is 9.29. The van der Waals surface area contributed by atoms with Crippen LogP contribution < -0.4 is 5.32 Å². The lowest BCUT2D eigenvalue weighted by atomic mass is 10.1. The molecule has 0 radical (unpaired) electrons. The number of sulfonamides is 1. The van der Waals surface area contributed by atoms with Gasteiger partial charge in [0.25, 0.3) is 5.91 Å². The van der Waals surface area contributed by atoms with Gasteiger partial charge in [0.15, 0.2) is 0 Å². The molecule has 31 heavy (non-hydrogen) atoms. The third kappa shape index (κ3) is 5.69. The minimum Gasteiger partial charge on any atom is -0.349 e. The highest BCUT2D eigenvalue weighted by atomic mass is 32.2. The first-order valence-corrected chi connectivity index (χ1v) is 11.2. The number of amides is 2. The number of nitrogens with zero attached hydrogens (tertiary/aromatic N) is 3. The molecule has 2 aromatic rings. The van der Waals surface area contributed by atoms with Gasteiger partial charge in [0, 0.05) is 32.2 Å². The van der Waals surface area contributed by atoms with Crippen molar-refractivity contribution >= 4 is 21.8 Å². The van der Waals surface area contributed by atoms with Crippen molar-refractivity contribution < 1.29 is 18.0 Å². The summed E-state index contributed by atoms with van der Waals surface area (Å²) in [6.45, 7) is -0.0329. The Kier molecular flexibility index (Phi) is 6.73. The van der Waals surface area contributed by atoms with Gasteiger partial charge in [-0.05, 0) is 54.8 Å². The van der Waals surface area contributed by atoms with Gasteiger partial charge < -0.3 is 10.2 Å². The van der Waals surface area contributed by atoms with Crippen LogP contribution in [0.5, 0.6) is 0 Å². The first-order valence-electron chi connectivity index (χ1n) is 9.81. The average Bonchev–Trinajstić information content (AvgIpc) is 3.58. The van der Waals surface area contributed by atoms with E-state index in [1.165, 1.54) is 36.2 Å². The Bertz CT molecular complexity index is 1100. The van der Waals surface area contributed by atoms with E-state index in [0.717, 1.165) is 22.7 Å². The van der Waals surface area contributed by atoms with Crippen molar-refractivity contribution in [2.24, 2.45) is 0 Å². The van der Waals surface area contributed by atoms with Crippen LogP contribution in [0.15, 0.2) is 53.4 Å². The van der Waals surface area contributed by atoms with Crippen molar-refractivity contribution in [3.05, 3.63) is 65.2 Å². The standard InChI is InChI=1S/C22H24N4O4S/c1-25(14-17-3-7-18(8-4-17)22(28)24-19-9-10-19)21(27)15-26(2)31(29,30)20-11-5-16(13-23)6-12-20/h3-8,11-12,19H,9-10,14-15H2,1-2H3,(H,24,28). The monoisotopic (exact) mass is 440 g/mol. The summed E-state index contributed by atoms with van der Waals surface area (Å²) in [4.78, 5) is 26.1. The van der Waals surface area contributed by atoms with Gasteiger partial charge in [0.2, 0.25) is 15.9 Å². The quantitative estimate of drug-likeness (QED) is 0.672. The number of hydrogen-bond acceptors (Lipinski definition) is 5. The average molecular weight is 441 g/mol. The van der Waals surface area contributed by atoms with E-state index < -0.39 is 10.0 Å². The largest absolute Gasteiger partial charge is 0.349 e. The Hall–Kier alpha value is -3.22. The molecule has 8 nitrogen and oxygen atoms in total. The third-order valence-corrected chi connectivity index (χ3v) is 6.84. The zero-order chi connectivity index (χ0) is 22.6. The van der Waals surface area contributed by atoms with Crippen molar-refractivity contribution in [3.63, 3.8) is 0 Å². The maximum absolute atomic E-state index is 12.7. The molecule has 1 saturated carbocycles. The van der Waals surface area contributed by atoms with Crippen LogP contribution >= 0.6 is 0 Å². The van der Waals surface area contributed by atoms with E-state index in [1.54, 1.807) is 31.3 Å². The fraction of sp³-hybridized carbons (Fsp3) is 0.318. The lowest BCUT2D eigenvalue weighted by Gasteiger charge is -2.22. The highest BCUT2D eigenvalue weighted by Gasteiger charge is 2.25. The molecule has 9 heteroatoms. The smallest absolute Gasteiger partial charge is 0.251 e. The molecule has 0 spiro atoms. The lowest BCUT2D eigenvalue weighted by molar-refractivity contribution is -0.130. The summed E-state index contributed by atoms with van der Waals surface area (Å²) in [5.41, 5.74) is 1.75. The van der Waals surface area contributed by atoms with Crippen LogP contribution in [-0.4, -0.2) is 56.1 Å². The van der Waals surface area contributed by atoms with Crippen molar-refractivity contribution in [1.82, 2.24) is 14.5 Å². The van der Waals surface area contributed by atoms with Crippen LogP contribution in [0.1, 0.15) is 34.3 Å². The van der Waals surface area contributed by atoms with E-state index in [9.17, 15) is 18.0 Å². The highest BCUT2D eigenvalue weighted by Crippen LogP contribution is 2.19. The fourth-order valence-electron chi connectivity index (χ4n) is 2.90. The summed E-state index contributed by atoms with van der Waals surface area (Å²) < 4.78 is 26.3.